The van der Waals surface area contributed by atoms with Crippen LogP contribution in [-0.2, 0) is 9.59 Å². The van der Waals surface area contributed by atoms with Gasteiger partial charge in [0.05, 0.1) is 0 Å². The molecule has 0 aromatic carbocycles. The second-order valence-corrected chi connectivity index (χ2v) is 2.79. The van der Waals surface area contributed by atoms with E-state index in [2.05, 4.69) is 6.92 Å². The van der Waals surface area contributed by atoms with Crippen LogP contribution in [0, 0.1) is 5.92 Å². The van der Waals surface area contributed by atoms with Crippen LogP contribution in [0.4, 0.5) is 0 Å². The molecule has 0 aliphatic carbocycles. The Hall–Kier alpha value is -0.660. The molecule has 0 saturated heterocycles. The monoisotopic (exact) mass is 156 g/mol. The summed E-state index contributed by atoms with van der Waals surface area (Å²) in [7, 11) is 0. The van der Waals surface area contributed by atoms with Crippen molar-refractivity contribution < 1.29 is 9.59 Å². The number of unbranched alkanes of at least 4 members (excludes halogenated alkanes) is 2. The number of hydrogen-bond acceptors (Lipinski definition) is 2. The molecular weight excluding hydrogens is 140 g/mol. The molecule has 0 aromatic heterocycles. The van der Waals surface area contributed by atoms with Gasteiger partial charge < -0.3 is 9.59 Å². The average molecular weight is 156 g/mol. The highest BCUT2D eigenvalue weighted by atomic mass is 16.1. The quantitative estimate of drug-likeness (QED) is 0.417. The van der Waals surface area contributed by atoms with Crippen molar-refractivity contribution >= 4 is 12.6 Å². The summed E-state index contributed by atoms with van der Waals surface area (Å²) in [4.78, 5) is 20.4. The molecule has 0 aromatic rings. The van der Waals surface area contributed by atoms with E-state index in [1.165, 1.54) is 0 Å². The predicted octanol–water partition coefficient (Wildman–Crippen LogP) is 1.97. The van der Waals surface area contributed by atoms with Gasteiger partial charge in [-0.1, -0.05) is 26.2 Å². The number of carbonyl (C=O) groups is 2. The van der Waals surface area contributed by atoms with Crippen LogP contribution in [0.5, 0.6) is 0 Å². The summed E-state index contributed by atoms with van der Waals surface area (Å²) in [5.74, 6) is -0.0287. The van der Waals surface area contributed by atoms with Gasteiger partial charge in [0, 0.05) is 12.3 Å². The SMILES string of the molecule is CCCCCC(C=O)CC=O. The van der Waals surface area contributed by atoms with Gasteiger partial charge in [0.25, 0.3) is 0 Å². The van der Waals surface area contributed by atoms with Gasteiger partial charge in [-0.25, -0.2) is 0 Å². The zero-order chi connectivity index (χ0) is 8.53. The van der Waals surface area contributed by atoms with Crippen molar-refractivity contribution in [2.75, 3.05) is 0 Å². The fourth-order valence-electron chi connectivity index (χ4n) is 1.02. The molecule has 0 aliphatic heterocycles. The highest BCUT2D eigenvalue weighted by molar-refractivity contribution is 5.61. The fourth-order valence-corrected chi connectivity index (χ4v) is 1.02. The zero-order valence-corrected chi connectivity index (χ0v) is 7.08. The van der Waals surface area contributed by atoms with Crippen LogP contribution in [0.2, 0.25) is 0 Å². The van der Waals surface area contributed by atoms with Crippen LogP contribution in [0.3, 0.4) is 0 Å². The first kappa shape index (κ1) is 10.3. The van der Waals surface area contributed by atoms with E-state index in [1.807, 2.05) is 0 Å². The number of hydrogen-bond donors (Lipinski definition) is 0. The molecule has 2 heteroatoms. The maximum atomic E-state index is 10.3. The van der Waals surface area contributed by atoms with Crippen LogP contribution in [-0.4, -0.2) is 12.6 Å². The summed E-state index contributed by atoms with van der Waals surface area (Å²) >= 11 is 0. The summed E-state index contributed by atoms with van der Waals surface area (Å²) in [6.07, 6.45) is 6.36. The molecule has 0 rings (SSSR count). The molecule has 1 unspecified atom stereocenters. The van der Waals surface area contributed by atoms with Gasteiger partial charge in [-0.15, -0.1) is 0 Å². The van der Waals surface area contributed by atoms with Gasteiger partial charge in [0.2, 0.25) is 0 Å². The Balaban J connectivity index is 3.35. The Kier molecular flexibility index (Phi) is 7.00. The molecule has 0 spiro atoms. The summed E-state index contributed by atoms with van der Waals surface area (Å²) in [6.45, 7) is 2.12. The Morgan fingerprint density at radius 3 is 2.45 bits per heavy atom. The van der Waals surface area contributed by atoms with Gasteiger partial charge in [-0.2, -0.15) is 0 Å². The van der Waals surface area contributed by atoms with Crippen LogP contribution < -0.4 is 0 Å². The van der Waals surface area contributed by atoms with Crippen LogP contribution in [0.15, 0.2) is 0 Å². The molecule has 0 heterocycles. The minimum atomic E-state index is -0.0287. The van der Waals surface area contributed by atoms with Gasteiger partial charge in [0.1, 0.15) is 12.6 Å². The van der Waals surface area contributed by atoms with Crippen molar-refractivity contribution in [1.29, 1.82) is 0 Å². The zero-order valence-electron chi connectivity index (χ0n) is 7.08. The lowest BCUT2D eigenvalue weighted by Crippen LogP contribution is -2.02. The second-order valence-electron chi connectivity index (χ2n) is 2.79. The van der Waals surface area contributed by atoms with Crippen molar-refractivity contribution in [3.05, 3.63) is 0 Å². The third-order valence-corrected chi connectivity index (χ3v) is 1.77. The summed E-state index contributed by atoms with van der Waals surface area (Å²) in [5.41, 5.74) is 0. The van der Waals surface area contributed by atoms with E-state index in [0.29, 0.717) is 6.42 Å². The summed E-state index contributed by atoms with van der Waals surface area (Å²) in [6, 6.07) is 0. The second kappa shape index (κ2) is 7.45. The first-order valence-electron chi connectivity index (χ1n) is 4.24. The maximum absolute atomic E-state index is 10.3. The van der Waals surface area contributed by atoms with E-state index in [0.717, 1.165) is 38.3 Å². The molecule has 2 nitrogen and oxygen atoms in total. The normalized spacial score (nSPS) is 12.5. The predicted molar refractivity (Wildman–Crippen MR) is 44.4 cm³/mol. The van der Waals surface area contributed by atoms with Crippen molar-refractivity contribution in [3.8, 4) is 0 Å². The number of carbonyl (C=O) groups excluding carboxylic acids is 2. The van der Waals surface area contributed by atoms with Crippen LogP contribution >= 0.6 is 0 Å². The van der Waals surface area contributed by atoms with E-state index in [4.69, 9.17) is 0 Å². The molecule has 0 saturated carbocycles. The van der Waals surface area contributed by atoms with E-state index in [9.17, 15) is 9.59 Å². The Labute approximate surface area is 68.0 Å². The molecule has 11 heavy (non-hydrogen) atoms. The third kappa shape index (κ3) is 5.77. The van der Waals surface area contributed by atoms with Crippen molar-refractivity contribution in [1.82, 2.24) is 0 Å². The minimum Gasteiger partial charge on any atom is -0.303 e. The Bertz CT molecular complexity index is 110. The molecule has 0 amide bonds. The minimum absolute atomic E-state index is 0.0287. The largest absolute Gasteiger partial charge is 0.303 e. The summed E-state index contributed by atoms with van der Waals surface area (Å²) < 4.78 is 0. The molecule has 0 aliphatic rings. The molecule has 0 bridgehead atoms. The molecule has 0 N–H and O–H groups in total. The highest BCUT2D eigenvalue weighted by Gasteiger charge is 2.04. The summed E-state index contributed by atoms with van der Waals surface area (Å²) in [5, 5.41) is 0. The third-order valence-electron chi connectivity index (χ3n) is 1.77. The molecule has 1 atom stereocenters. The van der Waals surface area contributed by atoms with Gasteiger partial charge in [0.15, 0.2) is 0 Å². The topological polar surface area (TPSA) is 34.1 Å². The van der Waals surface area contributed by atoms with Crippen molar-refractivity contribution in [2.24, 2.45) is 5.92 Å². The maximum Gasteiger partial charge on any atom is 0.123 e. The number of rotatable bonds is 7. The standard InChI is InChI=1S/C9H16O2/c1-2-3-4-5-9(8-11)6-7-10/h7-9H,2-6H2,1H3. The first-order chi connectivity index (χ1) is 5.35. The van der Waals surface area contributed by atoms with Crippen LogP contribution in [0.1, 0.15) is 39.0 Å². The Morgan fingerprint density at radius 1 is 1.27 bits per heavy atom. The lowest BCUT2D eigenvalue weighted by molar-refractivity contribution is -0.115. The first-order valence-corrected chi connectivity index (χ1v) is 4.24. The Morgan fingerprint density at radius 2 is 2.00 bits per heavy atom. The highest BCUT2D eigenvalue weighted by Crippen LogP contribution is 2.09. The smallest absolute Gasteiger partial charge is 0.123 e. The molecule has 0 radical (unpaired) electrons. The van der Waals surface area contributed by atoms with E-state index in [-0.39, 0.29) is 5.92 Å². The fraction of sp³-hybridized carbons (Fsp3) is 0.778. The van der Waals surface area contributed by atoms with E-state index >= 15 is 0 Å². The number of aldehydes is 2. The van der Waals surface area contributed by atoms with Crippen molar-refractivity contribution in [2.45, 2.75) is 39.0 Å². The van der Waals surface area contributed by atoms with Crippen molar-refractivity contribution in [3.63, 3.8) is 0 Å². The molecular formula is C9H16O2. The molecule has 0 fully saturated rings. The van der Waals surface area contributed by atoms with Gasteiger partial charge >= 0.3 is 0 Å². The lowest BCUT2D eigenvalue weighted by Gasteiger charge is -2.03. The average Bonchev–Trinajstić information content (AvgIpc) is 2.03. The van der Waals surface area contributed by atoms with Gasteiger partial charge in [-0.05, 0) is 6.42 Å². The van der Waals surface area contributed by atoms with Crippen LogP contribution in [0.25, 0.3) is 0 Å². The van der Waals surface area contributed by atoms with E-state index in [1.54, 1.807) is 0 Å². The lowest BCUT2D eigenvalue weighted by atomic mass is 10.0. The van der Waals surface area contributed by atoms with E-state index < -0.39 is 0 Å². The molecule has 64 valence electrons. The van der Waals surface area contributed by atoms with Gasteiger partial charge in [-0.3, -0.25) is 0 Å².